The van der Waals surface area contributed by atoms with Gasteiger partial charge >= 0.3 is 12.1 Å². The number of carboxylic acid groups (broad SMARTS) is 1. The minimum Gasteiger partial charge on any atom is -0.488 e. The second-order valence-electron chi connectivity index (χ2n) is 6.25. The summed E-state index contributed by atoms with van der Waals surface area (Å²) in [6.45, 7) is 1.91. The molecule has 1 aromatic heterocycles. The van der Waals surface area contributed by atoms with Crippen LogP contribution in [0.2, 0.25) is 0 Å². The fourth-order valence-corrected chi connectivity index (χ4v) is 3.53. The van der Waals surface area contributed by atoms with Gasteiger partial charge in [-0.25, -0.2) is 14.2 Å². The summed E-state index contributed by atoms with van der Waals surface area (Å²) in [5.41, 5.74) is 0.279. The van der Waals surface area contributed by atoms with Gasteiger partial charge in [-0.05, 0) is 42.8 Å². The predicted octanol–water partition coefficient (Wildman–Crippen LogP) is 5.95. The summed E-state index contributed by atoms with van der Waals surface area (Å²) >= 11 is 1.21. The van der Waals surface area contributed by atoms with Gasteiger partial charge in [0.25, 0.3) is 0 Å². The van der Waals surface area contributed by atoms with Crippen LogP contribution in [0, 0.1) is 12.7 Å². The van der Waals surface area contributed by atoms with Gasteiger partial charge in [0.05, 0.1) is 16.1 Å². The Labute approximate surface area is 173 Å². The fourth-order valence-electron chi connectivity index (χ4n) is 2.56. The van der Waals surface area contributed by atoms with Crippen LogP contribution in [0.1, 0.15) is 21.7 Å². The maximum absolute atomic E-state index is 13.8. The summed E-state index contributed by atoms with van der Waals surface area (Å²) in [5.74, 6) is -1.83. The first kappa shape index (κ1) is 21.5. The molecule has 3 rings (SSSR count). The van der Waals surface area contributed by atoms with E-state index in [0.717, 1.165) is 17.0 Å². The van der Waals surface area contributed by atoms with E-state index >= 15 is 0 Å². The number of alkyl halides is 3. The summed E-state index contributed by atoms with van der Waals surface area (Å²) in [5, 5.41) is 9.02. The second kappa shape index (κ2) is 8.66. The van der Waals surface area contributed by atoms with Crippen molar-refractivity contribution in [3.05, 3.63) is 76.1 Å². The molecule has 0 unspecified atom stereocenters. The average Bonchev–Trinajstić information content (AvgIpc) is 3.05. The van der Waals surface area contributed by atoms with Crippen LogP contribution in [0.3, 0.4) is 0 Å². The number of carboxylic acids is 1. The Balaban J connectivity index is 1.71. The molecule has 0 atom stereocenters. The number of ether oxygens (including phenoxy) is 1. The third-order valence-corrected chi connectivity index (χ3v) is 5.26. The third-order valence-electron chi connectivity index (χ3n) is 4.08. The molecule has 0 radical (unpaired) electrons. The van der Waals surface area contributed by atoms with Crippen LogP contribution in [-0.2, 0) is 17.6 Å². The van der Waals surface area contributed by atoms with Crippen LogP contribution in [0.25, 0.3) is 16.6 Å². The largest absolute Gasteiger partial charge is 0.488 e. The number of carbonyl (C=O) groups is 1. The van der Waals surface area contributed by atoms with Gasteiger partial charge in [-0.2, -0.15) is 13.2 Å². The fraction of sp³-hybridized carbons (Fsp3) is 0.143. The number of hydrogen-bond acceptors (Lipinski definition) is 4. The first-order valence-electron chi connectivity index (χ1n) is 8.61. The molecule has 0 bridgehead atoms. The molecule has 30 heavy (non-hydrogen) atoms. The SMILES string of the molecule is Cc1nc(-c2ccc(C(F)(F)F)c(F)c2)sc1COc1ccc(/C=C/C(=O)O)cc1. The first-order valence-corrected chi connectivity index (χ1v) is 9.42. The van der Waals surface area contributed by atoms with Gasteiger partial charge in [-0.1, -0.05) is 18.2 Å². The smallest absolute Gasteiger partial charge is 0.419 e. The minimum absolute atomic E-state index is 0.178. The number of nitrogens with zero attached hydrogens (tertiary/aromatic N) is 1. The van der Waals surface area contributed by atoms with Gasteiger partial charge in [0.15, 0.2) is 0 Å². The lowest BCUT2D eigenvalue weighted by Gasteiger charge is -2.08. The molecule has 1 N–H and O–H groups in total. The molecule has 1 heterocycles. The third kappa shape index (κ3) is 5.24. The van der Waals surface area contributed by atoms with E-state index in [1.165, 1.54) is 23.5 Å². The van der Waals surface area contributed by atoms with Crippen LogP contribution >= 0.6 is 11.3 Å². The molecular formula is C21H15F4NO3S. The molecule has 0 spiro atoms. The van der Waals surface area contributed by atoms with E-state index in [1.54, 1.807) is 31.2 Å². The van der Waals surface area contributed by atoms with Crippen molar-refractivity contribution in [3.8, 4) is 16.3 Å². The van der Waals surface area contributed by atoms with Crippen molar-refractivity contribution in [3.63, 3.8) is 0 Å². The van der Waals surface area contributed by atoms with E-state index in [0.29, 0.717) is 28.1 Å². The van der Waals surface area contributed by atoms with Crippen molar-refractivity contribution < 1.29 is 32.2 Å². The zero-order valence-electron chi connectivity index (χ0n) is 15.5. The van der Waals surface area contributed by atoms with Gasteiger partial charge in [0, 0.05) is 11.6 Å². The quantitative estimate of drug-likeness (QED) is 0.382. The molecule has 0 amide bonds. The molecule has 0 saturated heterocycles. The van der Waals surface area contributed by atoms with Crippen molar-refractivity contribution in [2.24, 2.45) is 0 Å². The number of halogens is 4. The van der Waals surface area contributed by atoms with Gasteiger partial charge in [0.2, 0.25) is 0 Å². The monoisotopic (exact) mass is 437 g/mol. The van der Waals surface area contributed by atoms with E-state index in [-0.39, 0.29) is 12.2 Å². The number of aliphatic carboxylic acids is 1. The predicted molar refractivity (Wildman–Crippen MR) is 105 cm³/mol. The molecule has 0 aliphatic carbocycles. The maximum Gasteiger partial charge on any atom is 0.419 e. The zero-order chi connectivity index (χ0) is 21.9. The standard InChI is InChI=1S/C21H15F4NO3S/c1-12-18(11-29-15-6-2-13(3-7-15)4-9-19(27)28)30-20(26-12)14-5-8-16(17(22)10-14)21(23,24)25/h2-10H,11H2,1H3,(H,27,28)/b9-4+. The zero-order valence-corrected chi connectivity index (χ0v) is 16.4. The van der Waals surface area contributed by atoms with Crippen molar-refractivity contribution >= 4 is 23.4 Å². The maximum atomic E-state index is 13.8. The topological polar surface area (TPSA) is 59.4 Å². The number of rotatable bonds is 6. The van der Waals surface area contributed by atoms with Gasteiger partial charge in [0.1, 0.15) is 23.2 Å². The number of hydrogen-bond donors (Lipinski definition) is 1. The van der Waals surface area contributed by atoms with Gasteiger partial charge < -0.3 is 9.84 Å². The molecule has 0 aliphatic rings. The Morgan fingerprint density at radius 1 is 1.20 bits per heavy atom. The Kier molecular flexibility index (Phi) is 6.21. The average molecular weight is 437 g/mol. The van der Waals surface area contributed by atoms with E-state index in [2.05, 4.69) is 4.98 Å². The highest BCUT2D eigenvalue weighted by molar-refractivity contribution is 7.15. The molecule has 9 heteroatoms. The van der Waals surface area contributed by atoms with Crippen LogP contribution < -0.4 is 4.74 Å². The highest BCUT2D eigenvalue weighted by Crippen LogP contribution is 2.35. The summed E-state index contributed by atoms with van der Waals surface area (Å²) in [6.07, 6.45) is -2.27. The number of aromatic nitrogens is 1. The summed E-state index contributed by atoms with van der Waals surface area (Å²) in [6, 6.07) is 9.49. The minimum atomic E-state index is -4.75. The summed E-state index contributed by atoms with van der Waals surface area (Å²) < 4.78 is 57.7. The van der Waals surface area contributed by atoms with Gasteiger partial charge in [-0.15, -0.1) is 11.3 Å². The lowest BCUT2D eigenvalue weighted by Crippen LogP contribution is -2.07. The summed E-state index contributed by atoms with van der Waals surface area (Å²) in [7, 11) is 0. The molecule has 156 valence electrons. The van der Waals surface area contributed by atoms with E-state index < -0.39 is 23.5 Å². The normalized spacial score (nSPS) is 11.8. The summed E-state index contributed by atoms with van der Waals surface area (Å²) in [4.78, 5) is 15.6. The van der Waals surface area contributed by atoms with Crippen molar-refractivity contribution in [1.82, 2.24) is 4.98 Å². The Bertz CT molecular complexity index is 1090. The van der Waals surface area contributed by atoms with Gasteiger partial charge in [-0.3, -0.25) is 0 Å². The van der Waals surface area contributed by atoms with E-state index in [4.69, 9.17) is 9.84 Å². The molecular weight excluding hydrogens is 422 g/mol. The van der Waals surface area contributed by atoms with Crippen LogP contribution in [0.5, 0.6) is 5.75 Å². The van der Waals surface area contributed by atoms with Crippen LogP contribution in [0.4, 0.5) is 17.6 Å². The van der Waals surface area contributed by atoms with Crippen LogP contribution in [-0.4, -0.2) is 16.1 Å². The van der Waals surface area contributed by atoms with Crippen molar-refractivity contribution in [2.45, 2.75) is 19.7 Å². The Morgan fingerprint density at radius 2 is 1.90 bits per heavy atom. The Morgan fingerprint density at radius 3 is 2.50 bits per heavy atom. The van der Waals surface area contributed by atoms with Crippen molar-refractivity contribution in [2.75, 3.05) is 0 Å². The van der Waals surface area contributed by atoms with Crippen molar-refractivity contribution in [1.29, 1.82) is 0 Å². The molecule has 4 nitrogen and oxygen atoms in total. The lowest BCUT2D eigenvalue weighted by molar-refractivity contribution is -0.140. The number of thiazole rings is 1. The molecule has 3 aromatic rings. The Hall–Kier alpha value is -3.20. The van der Waals surface area contributed by atoms with E-state index in [1.807, 2.05) is 0 Å². The molecule has 2 aromatic carbocycles. The highest BCUT2D eigenvalue weighted by atomic mass is 32.1. The second-order valence-corrected chi connectivity index (χ2v) is 7.33. The molecule has 0 aliphatic heterocycles. The molecule has 0 fully saturated rings. The van der Waals surface area contributed by atoms with Crippen LogP contribution in [0.15, 0.2) is 48.5 Å². The number of aryl methyl sites for hydroxylation is 1. The first-order chi connectivity index (χ1) is 14.1. The molecule has 0 saturated carbocycles. The van der Waals surface area contributed by atoms with E-state index in [9.17, 15) is 22.4 Å². The number of benzene rings is 2. The highest BCUT2D eigenvalue weighted by Gasteiger charge is 2.34. The lowest BCUT2D eigenvalue weighted by atomic mass is 10.1.